The molecule has 0 unspecified atom stereocenters. The third-order valence-corrected chi connectivity index (χ3v) is 3.44. The fourth-order valence-electron chi connectivity index (χ4n) is 2.38. The van der Waals surface area contributed by atoms with Crippen LogP contribution >= 0.6 is 0 Å². The molecule has 0 spiro atoms. The summed E-state index contributed by atoms with van der Waals surface area (Å²) in [5, 5.41) is 0.0990. The molecule has 5 nitrogen and oxygen atoms in total. The van der Waals surface area contributed by atoms with Crippen molar-refractivity contribution in [1.29, 1.82) is 0 Å². The lowest BCUT2D eigenvalue weighted by Crippen LogP contribution is -2.03. The summed E-state index contributed by atoms with van der Waals surface area (Å²) in [6.07, 6.45) is 1.46. The molecular formula is C16H12F2N2O3. The van der Waals surface area contributed by atoms with E-state index < -0.39 is 17.6 Å². The first kappa shape index (κ1) is 15.0. The van der Waals surface area contributed by atoms with Crippen molar-refractivity contribution in [2.75, 3.05) is 14.2 Å². The quantitative estimate of drug-likeness (QED) is 0.753. The van der Waals surface area contributed by atoms with Gasteiger partial charge < -0.3 is 14.5 Å². The number of hydrogen-bond donors (Lipinski definition) is 1. The predicted octanol–water partition coefficient (Wildman–Crippen LogP) is 3.30. The summed E-state index contributed by atoms with van der Waals surface area (Å²) in [5.74, 6) is -1.77. The Kier molecular flexibility index (Phi) is 3.69. The molecule has 1 N–H and O–H groups in total. The Morgan fingerprint density at radius 3 is 2.61 bits per heavy atom. The second kappa shape index (κ2) is 5.68. The molecule has 0 aliphatic carbocycles. The van der Waals surface area contributed by atoms with E-state index in [9.17, 15) is 13.6 Å². The van der Waals surface area contributed by atoms with Crippen molar-refractivity contribution in [1.82, 2.24) is 9.97 Å². The number of rotatable bonds is 3. The molecule has 2 heterocycles. The minimum absolute atomic E-state index is 0.0134. The van der Waals surface area contributed by atoms with E-state index in [1.54, 1.807) is 12.1 Å². The Morgan fingerprint density at radius 2 is 2.00 bits per heavy atom. The number of benzene rings is 1. The summed E-state index contributed by atoms with van der Waals surface area (Å²) in [6.45, 7) is 0. The number of pyridine rings is 1. The van der Waals surface area contributed by atoms with Gasteiger partial charge in [0, 0.05) is 11.5 Å². The normalized spacial score (nSPS) is 10.8. The van der Waals surface area contributed by atoms with Crippen LogP contribution in [0.4, 0.5) is 8.78 Å². The first-order chi connectivity index (χ1) is 11.0. The highest BCUT2D eigenvalue weighted by Crippen LogP contribution is 2.32. The third-order valence-electron chi connectivity index (χ3n) is 3.44. The summed E-state index contributed by atoms with van der Waals surface area (Å²) in [7, 11) is 2.69. The number of methoxy groups -OCH3 is 2. The molecular weight excluding hydrogens is 306 g/mol. The Hall–Kier alpha value is -2.96. The van der Waals surface area contributed by atoms with Gasteiger partial charge in [-0.3, -0.25) is 4.98 Å². The summed E-state index contributed by atoms with van der Waals surface area (Å²) in [6, 6.07) is 5.06. The molecule has 0 saturated heterocycles. The highest BCUT2D eigenvalue weighted by molar-refractivity contribution is 6.10. The molecule has 0 aliphatic heterocycles. The van der Waals surface area contributed by atoms with E-state index in [1.807, 2.05) is 0 Å². The molecule has 1 aromatic carbocycles. The zero-order valence-corrected chi connectivity index (χ0v) is 12.3. The van der Waals surface area contributed by atoms with E-state index in [1.165, 1.54) is 20.4 Å². The van der Waals surface area contributed by atoms with Gasteiger partial charge in [-0.05, 0) is 18.2 Å². The Bertz CT molecular complexity index is 888. The van der Waals surface area contributed by atoms with Crippen LogP contribution < -0.4 is 4.74 Å². The van der Waals surface area contributed by atoms with Gasteiger partial charge in [-0.2, -0.15) is 0 Å². The number of halogens is 2. The van der Waals surface area contributed by atoms with Crippen molar-refractivity contribution in [2.45, 2.75) is 0 Å². The van der Waals surface area contributed by atoms with Crippen LogP contribution in [0.2, 0.25) is 0 Å². The van der Waals surface area contributed by atoms with E-state index in [-0.39, 0.29) is 22.2 Å². The van der Waals surface area contributed by atoms with E-state index in [0.29, 0.717) is 11.4 Å². The standard InChI is InChI=1S/C16H12F2N2O3/c1-22-9-3-4-12(19-7-9)15-13(16(21)23-2)10-5-8(17)6-11(18)14(10)20-15/h3-7,20H,1-2H3. The number of carbonyl (C=O) groups is 1. The first-order valence-corrected chi connectivity index (χ1v) is 6.64. The maximum atomic E-state index is 14.0. The van der Waals surface area contributed by atoms with Gasteiger partial charge in [0.25, 0.3) is 0 Å². The van der Waals surface area contributed by atoms with Crippen LogP contribution in [-0.2, 0) is 4.74 Å². The lowest BCUT2D eigenvalue weighted by Gasteiger charge is -2.04. The molecule has 0 amide bonds. The average Bonchev–Trinajstić information content (AvgIpc) is 2.94. The molecule has 0 atom stereocenters. The van der Waals surface area contributed by atoms with Gasteiger partial charge in [0.1, 0.15) is 17.4 Å². The smallest absolute Gasteiger partial charge is 0.340 e. The van der Waals surface area contributed by atoms with Crippen LogP contribution in [0.15, 0.2) is 30.5 Å². The fourth-order valence-corrected chi connectivity index (χ4v) is 2.38. The van der Waals surface area contributed by atoms with Crippen molar-refractivity contribution in [2.24, 2.45) is 0 Å². The average molecular weight is 318 g/mol. The number of carbonyl (C=O) groups excluding carboxylic acids is 1. The number of aromatic nitrogens is 2. The Morgan fingerprint density at radius 1 is 1.22 bits per heavy atom. The number of nitrogens with one attached hydrogen (secondary N) is 1. The summed E-state index contributed by atoms with van der Waals surface area (Å²) in [5.41, 5.74) is 0.666. The van der Waals surface area contributed by atoms with E-state index >= 15 is 0 Å². The van der Waals surface area contributed by atoms with Gasteiger partial charge in [0.05, 0.1) is 42.9 Å². The van der Waals surface area contributed by atoms with Gasteiger partial charge in [0.2, 0.25) is 0 Å². The van der Waals surface area contributed by atoms with Gasteiger partial charge in [-0.1, -0.05) is 0 Å². The van der Waals surface area contributed by atoms with E-state index in [0.717, 1.165) is 12.1 Å². The van der Waals surface area contributed by atoms with Crippen molar-refractivity contribution >= 4 is 16.9 Å². The molecule has 3 aromatic rings. The first-order valence-electron chi connectivity index (χ1n) is 6.64. The summed E-state index contributed by atoms with van der Waals surface area (Å²) < 4.78 is 37.3. The molecule has 118 valence electrons. The highest BCUT2D eigenvalue weighted by atomic mass is 19.1. The van der Waals surface area contributed by atoms with Gasteiger partial charge >= 0.3 is 5.97 Å². The molecule has 3 rings (SSSR count). The lowest BCUT2D eigenvalue weighted by atomic mass is 10.1. The Labute approximate surface area is 129 Å². The van der Waals surface area contributed by atoms with Crippen LogP contribution in [0.5, 0.6) is 5.75 Å². The zero-order valence-electron chi connectivity index (χ0n) is 12.3. The number of aromatic amines is 1. The van der Waals surface area contributed by atoms with E-state index in [4.69, 9.17) is 9.47 Å². The number of fused-ring (bicyclic) bond motifs is 1. The SMILES string of the molecule is COC(=O)c1c(-c2ccc(OC)cn2)[nH]c2c(F)cc(F)cc12. The third kappa shape index (κ3) is 2.50. The number of ether oxygens (including phenoxy) is 2. The maximum absolute atomic E-state index is 14.0. The Balaban J connectivity index is 2.30. The molecule has 23 heavy (non-hydrogen) atoms. The van der Waals surface area contributed by atoms with Gasteiger partial charge in [-0.15, -0.1) is 0 Å². The molecule has 0 aliphatic rings. The number of esters is 1. The molecule has 7 heteroatoms. The monoisotopic (exact) mass is 318 g/mol. The fraction of sp³-hybridized carbons (Fsp3) is 0.125. The largest absolute Gasteiger partial charge is 0.495 e. The number of hydrogen-bond acceptors (Lipinski definition) is 4. The number of nitrogens with zero attached hydrogens (tertiary/aromatic N) is 1. The van der Waals surface area contributed by atoms with Gasteiger partial charge in [0.15, 0.2) is 0 Å². The lowest BCUT2D eigenvalue weighted by molar-refractivity contribution is 0.0604. The second-order valence-electron chi connectivity index (χ2n) is 4.76. The molecule has 0 bridgehead atoms. The van der Waals surface area contributed by atoms with E-state index in [2.05, 4.69) is 9.97 Å². The molecule has 0 fully saturated rings. The topological polar surface area (TPSA) is 64.2 Å². The van der Waals surface area contributed by atoms with Crippen molar-refractivity contribution in [3.8, 4) is 17.1 Å². The summed E-state index contributed by atoms with van der Waals surface area (Å²) in [4.78, 5) is 19.0. The van der Waals surface area contributed by atoms with Crippen molar-refractivity contribution in [3.63, 3.8) is 0 Å². The minimum atomic E-state index is -0.801. The zero-order chi connectivity index (χ0) is 16.6. The van der Waals surface area contributed by atoms with Crippen molar-refractivity contribution in [3.05, 3.63) is 47.7 Å². The maximum Gasteiger partial charge on any atom is 0.340 e. The van der Waals surface area contributed by atoms with Crippen LogP contribution in [0.25, 0.3) is 22.3 Å². The van der Waals surface area contributed by atoms with Crippen LogP contribution in [-0.4, -0.2) is 30.2 Å². The van der Waals surface area contributed by atoms with Crippen LogP contribution in [0.3, 0.4) is 0 Å². The molecule has 2 aromatic heterocycles. The van der Waals surface area contributed by atoms with Crippen molar-refractivity contribution < 1.29 is 23.0 Å². The van der Waals surface area contributed by atoms with Crippen LogP contribution in [0, 0.1) is 11.6 Å². The van der Waals surface area contributed by atoms with Crippen LogP contribution in [0.1, 0.15) is 10.4 Å². The highest BCUT2D eigenvalue weighted by Gasteiger charge is 2.23. The number of H-pyrrole nitrogens is 1. The predicted molar refractivity (Wildman–Crippen MR) is 79.3 cm³/mol. The summed E-state index contributed by atoms with van der Waals surface area (Å²) >= 11 is 0. The minimum Gasteiger partial charge on any atom is -0.495 e. The molecule has 0 saturated carbocycles. The van der Waals surface area contributed by atoms with Gasteiger partial charge in [-0.25, -0.2) is 13.6 Å². The second-order valence-corrected chi connectivity index (χ2v) is 4.76. The molecule has 0 radical (unpaired) electrons.